The summed E-state index contributed by atoms with van der Waals surface area (Å²) in [6, 6.07) is 0. The quantitative estimate of drug-likeness (QED) is 0.206. The van der Waals surface area contributed by atoms with Gasteiger partial charge in [0.25, 0.3) is 0 Å². The van der Waals surface area contributed by atoms with Crippen molar-refractivity contribution in [2.45, 2.75) is 101 Å². The highest BCUT2D eigenvalue weighted by atomic mass is 35.5. The molecule has 0 radical (unpaired) electrons. The predicted octanol–water partition coefficient (Wildman–Crippen LogP) is 1.59. The first-order chi connectivity index (χ1) is 16.1. The number of alkyl halides is 1. The molecule has 188 valence electrons. The maximum atomic E-state index is 12.2. The summed E-state index contributed by atoms with van der Waals surface area (Å²) < 4.78 is 0. The van der Waals surface area contributed by atoms with Crippen molar-refractivity contribution in [2.24, 2.45) is 17.8 Å². The van der Waals surface area contributed by atoms with E-state index in [4.69, 9.17) is 16.4 Å². The van der Waals surface area contributed by atoms with Gasteiger partial charge in [-0.05, 0) is 70.3 Å². The number of fused-ring (bicyclic) bond motifs is 1. The number of halogens is 1. The lowest BCUT2D eigenvalue weighted by Gasteiger charge is -2.41. The minimum atomic E-state index is -0.0344. The molecule has 4 fully saturated rings. The number of hydrazine groups is 1. The van der Waals surface area contributed by atoms with Crippen LogP contribution >= 0.6 is 11.6 Å². The summed E-state index contributed by atoms with van der Waals surface area (Å²) in [4.78, 5) is 29.9. The fraction of sp³-hybridized carbons (Fsp3) is 0.913. The van der Waals surface area contributed by atoms with E-state index in [1.54, 1.807) is 0 Å². The van der Waals surface area contributed by atoms with Crippen LogP contribution in [0.25, 0.3) is 0 Å². The first-order valence-electron chi connectivity index (χ1n) is 13.0. The molecule has 0 bridgehead atoms. The van der Waals surface area contributed by atoms with Crippen LogP contribution in [0.5, 0.6) is 0 Å². The minimum Gasteiger partial charge on any atom is -0.356 e. The van der Waals surface area contributed by atoms with Crippen molar-refractivity contribution in [3.8, 4) is 0 Å². The lowest BCUT2D eigenvalue weighted by atomic mass is 9.76. The second kappa shape index (κ2) is 12.7. The number of nitrogens with one attached hydrogen (secondary N) is 6. The molecule has 0 aromatic carbocycles. The van der Waals surface area contributed by atoms with Gasteiger partial charge in [-0.15, -0.1) is 11.6 Å². The normalized spacial score (nSPS) is 36.8. The molecule has 0 spiro atoms. The van der Waals surface area contributed by atoms with Gasteiger partial charge in [0, 0.05) is 30.2 Å². The van der Waals surface area contributed by atoms with Crippen LogP contribution in [-0.4, -0.2) is 48.8 Å². The van der Waals surface area contributed by atoms with Crippen molar-refractivity contribution in [3.05, 3.63) is 0 Å². The summed E-state index contributed by atoms with van der Waals surface area (Å²) in [5.41, 5.74) is 9.07. The molecular formula is C23H41ClN6O3. The SMILES string of the molecule is O=C(CCCC1NC(C2CCC(Cl)CC2)NO1)NCCCNC1NNC(=O)C2CCCCC12. The summed E-state index contributed by atoms with van der Waals surface area (Å²) in [5.74, 6) is 1.27. The third kappa shape index (κ3) is 7.26. The van der Waals surface area contributed by atoms with Gasteiger partial charge in [-0.1, -0.05) is 12.8 Å². The second-order valence-electron chi connectivity index (χ2n) is 10.1. The fourth-order valence-corrected chi connectivity index (χ4v) is 6.01. The van der Waals surface area contributed by atoms with E-state index in [2.05, 4.69) is 32.3 Å². The van der Waals surface area contributed by atoms with E-state index in [0.717, 1.165) is 70.8 Å². The topological polar surface area (TPSA) is 116 Å². The molecule has 4 rings (SSSR count). The number of carbonyl (C=O) groups excluding carboxylic acids is 2. The van der Waals surface area contributed by atoms with Gasteiger partial charge in [0.2, 0.25) is 11.8 Å². The number of hydrogen-bond acceptors (Lipinski definition) is 7. The average molecular weight is 485 g/mol. The lowest BCUT2D eigenvalue weighted by molar-refractivity contribution is -0.134. The van der Waals surface area contributed by atoms with Gasteiger partial charge < -0.3 is 10.6 Å². The van der Waals surface area contributed by atoms with Crippen LogP contribution < -0.4 is 32.3 Å². The highest BCUT2D eigenvalue weighted by Gasteiger charge is 2.39. The molecule has 2 amide bonds. The van der Waals surface area contributed by atoms with E-state index in [-0.39, 0.29) is 36.3 Å². The smallest absolute Gasteiger partial charge is 0.237 e. The maximum Gasteiger partial charge on any atom is 0.237 e. The highest BCUT2D eigenvalue weighted by Crippen LogP contribution is 2.33. The van der Waals surface area contributed by atoms with Crippen LogP contribution in [0.15, 0.2) is 0 Å². The van der Waals surface area contributed by atoms with Crippen molar-refractivity contribution in [2.75, 3.05) is 13.1 Å². The molecular weight excluding hydrogens is 444 g/mol. The van der Waals surface area contributed by atoms with E-state index >= 15 is 0 Å². The van der Waals surface area contributed by atoms with Crippen molar-refractivity contribution in [3.63, 3.8) is 0 Å². The summed E-state index contributed by atoms with van der Waals surface area (Å²) in [5, 5.41) is 10.4. The number of carbonyl (C=O) groups is 2. The fourth-order valence-electron chi connectivity index (χ4n) is 5.76. The van der Waals surface area contributed by atoms with Gasteiger partial charge in [-0.25, -0.2) is 5.43 Å². The standard InChI is InChI=1S/C23H41ClN6O3/c24-16-11-9-15(10-12-16)21-27-20(33-30-21)8-3-7-19(31)25-13-4-14-26-22-17-5-1-2-6-18(17)23(32)29-28-22/h15-18,20-22,26-28,30H,1-14H2,(H,25,31)(H,29,32). The Balaban J connectivity index is 1.02. The number of rotatable bonds is 10. The van der Waals surface area contributed by atoms with Gasteiger partial charge >= 0.3 is 0 Å². The van der Waals surface area contributed by atoms with E-state index in [0.29, 0.717) is 30.2 Å². The van der Waals surface area contributed by atoms with Crippen molar-refractivity contribution in [1.82, 2.24) is 32.3 Å². The van der Waals surface area contributed by atoms with E-state index in [1.807, 2.05) is 0 Å². The summed E-state index contributed by atoms with van der Waals surface area (Å²) >= 11 is 6.20. The Bertz CT molecular complexity index is 648. The third-order valence-electron chi connectivity index (χ3n) is 7.72. The van der Waals surface area contributed by atoms with E-state index < -0.39 is 0 Å². The Labute approximate surface area is 202 Å². The molecule has 10 heteroatoms. The molecule has 2 heterocycles. The van der Waals surface area contributed by atoms with Gasteiger partial charge in [-0.2, -0.15) is 5.48 Å². The van der Waals surface area contributed by atoms with Crippen LogP contribution in [0.2, 0.25) is 0 Å². The zero-order valence-electron chi connectivity index (χ0n) is 19.5. The van der Waals surface area contributed by atoms with Crippen molar-refractivity contribution in [1.29, 1.82) is 0 Å². The molecule has 5 unspecified atom stereocenters. The molecule has 33 heavy (non-hydrogen) atoms. The van der Waals surface area contributed by atoms with Gasteiger partial charge in [0.05, 0.1) is 12.3 Å². The molecule has 4 aliphatic rings. The molecule has 2 saturated heterocycles. The van der Waals surface area contributed by atoms with Gasteiger partial charge in [0.15, 0.2) is 0 Å². The number of hydroxylamine groups is 1. The largest absolute Gasteiger partial charge is 0.356 e. The van der Waals surface area contributed by atoms with Crippen molar-refractivity contribution < 1.29 is 14.4 Å². The molecule has 9 nitrogen and oxygen atoms in total. The monoisotopic (exact) mass is 484 g/mol. The van der Waals surface area contributed by atoms with Crippen LogP contribution in [0.4, 0.5) is 0 Å². The number of amides is 2. The van der Waals surface area contributed by atoms with Crippen LogP contribution in [-0.2, 0) is 14.4 Å². The summed E-state index contributed by atoms with van der Waals surface area (Å²) in [6.45, 7) is 1.46. The number of hydrogen-bond donors (Lipinski definition) is 6. The Morgan fingerprint density at radius 3 is 2.73 bits per heavy atom. The second-order valence-corrected chi connectivity index (χ2v) is 10.7. The molecule has 2 saturated carbocycles. The highest BCUT2D eigenvalue weighted by molar-refractivity contribution is 6.20. The predicted molar refractivity (Wildman–Crippen MR) is 127 cm³/mol. The molecule has 6 N–H and O–H groups in total. The lowest BCUT2D eigenvalue weighted by Crippen LogP contribution is -2.64. The van der Waals surface area contributed by atoms with Crippen LogP contribution in [0.3, 0.4) is 0 Å². The first kappa shape index (κ1) is 25.1. The molecule has 0 aromatic rings. The molecule has 2 aliphatic heterocycles. The van der Waals surface area contributed by atoms with E-state index in [1.165, 1.54) is 6.42 Å². The minimum absolute atomic E-state index is 0.0344. The van der Waals surface area contributed by atoms with Gasteiger partial charge in [0.1, 0.15) is 6.23 Å². The Hall–Kier alpha value is -0.970. The molecule has 5 atom stereocenters. The maximum absolute atomic E-state index is 12.2. The zero-order chi connectivity index (χ0) is 23.0. The molecule has 0 aromatic heterocycles. The van der Waals surface area contributed by atoms with Gasteiger partial charge in [-0.3, -0.25) is 25.2 Å². The third-order valence-corrected chi connectivity index (χ3v) is 8.16. The average Bonchev–Trinajstić information content (AvgIpc) is 3.30. The summed E-state index contributed by atoms with van der Waals surface area (Å²) in [7, 11) is 0. The van der Waals surface area contributed by atoms with E-state index in [9.17, 15) is 9.59 Å². The van der Waals surface area contributed by atoms with Crippen LogP contribution in [0.1, 0.15) is 77.0 Å². The molecule has 2 aliphatic carbocycles. The van der Waals surface area contributed by atoms with Crippen molar-refractivity contribution >= 4 is 23.4 Å². The Kier molecular flexibility index (Phi) is 9.64. The Morgan fingerprint density at radius 1 is 1.06 bits per heavy atom. The first-order valence-corrected chi connectivity index (χ1v) is 13.4. The zero-order valence-corrected chi connectivity index (χ0v) is 20.3. The summed E-state index contributed by atoms with van der Waals surface area (Å²) in [6.07, 6.45) is 12.0. The Morgan fingerprint density at radius 2 is 1.88 bits per heavy atom. The van der Waals surface area contributed by atoms with Crippen LogP contribution in [0, 0.1) is 17.8 Å².